The van der Waals surface area contributed by atoms with Crippen molar-refractivity contribution in [2.45, 2.75) is 24.8 Å². The minimum absolute atomic E-state index is 0.243. The van der Waals surface area contributed by atoms with Crippen molar-refractivity contribution in [3.8, 4) is 0 Å². The zero-order chi connectivity index (χ0) is 18.2. The molecule has 0 aromatic heterocycles. The largest absolute Gasteiger partial charge is 0.297 e. The first-order valence-corrected chi connectivity index (χ1v) is 9.77. The summed E-state index contributed by atoms with van der Waals surface area (Å²) < 4.78 is 41.7. The first kappa shape index (κ1) is 18.0. The molecular formula is C19H23FN2O2S. The van der Waals surface area contributed by atoms with Gasteiger partial charge in [-0.1, -0.05) is 24.3 Å². The lowest BCUT2D eigenvalue weighted by Crippen LogP contribution is -2.49. The summed E-state index contributed by atoms with van der Waals surface area (Å²) in [6.45, 7) is 5.06. The Morgan fingerprint density at radius 3 is 2.44 bits per heavy atom. The highest BCUT2D eigenvalue weighted by molar-refractivity contribution is 7.89. The Labute approximate surface area is 148 Å². The normalized spacial score (nSPS) is 19.9. The van der Waals surface area contributed by atoms with Crippen LogP contribution >= 0.6 is 0 Å². The van der Waals surface area contributed by atoms with Gasteiger partial charge in [0.05, 0.1) is 10.9 Å². The van der Waals surface area contributed by atoms with E-state index in [2.05, 4.69) is 0 Å². The van der Waals surface area contributed by atoms with Gasteiger partial charge in [0, 0.05) is 25.2 Å². The van der Waals surface area contributed by atoms with E-state index in [9.17, 15) is 12.8 Å². The molecule has 1 heterocycles. The minimum atomic E-state index is -3.59. The van der Waals surface area contributed by atoms with Crippen molar-refractivity contribution in [1.29, 1.82) is 0 Å². The molecule has 0 radical (unpaired) electrons. The maximum Gasteiger partial charge on any atom is 0.243 e. The van der Waals surface area contributed by atoms with E-state index in [0.717, 1.165) is 11.1 Å². The van der Waals surface area contributed by atoms with Crippen LogP contribution in [0.1, 0.15) is 22.7 Å². The Kier molecular flexibility index (Phi) is 4.95. The van der Waals surface area contributed by atoms with Crippen LogP contribution in [0.3, 0.4) is 0 Å². The monoisotopic (exact) mass is 362 g/mol. The highest BCUT2D eigenvalue weighted by Gasteiger charge is 2.34. The lowest BCUT2D eigenvalue weighted by molar-refractivity contribution is 0.145. The molecule has 134 valence electrons. The molecule has 0 saturated carbocycles. The fraction of sp³-hybridized carbons (Fsp3) is 0.368. The third-order valence-corrected chi connectivity index (χ3v) is 6.85. The third-order valence-electron chi connectivity index (χ3n) is 4.99. The van der Waals surface area contributed by atoms with Crippen LogP contribution in [0.2, 0.25) is 0 Å². The number of aryl methyl sites for hydroxylation is 2. The fourth-order valence-electron chi connectivity index (χ4n) is 3.17. The summed E-state index contributed by atoms with van der Waals surface area (Å²) in [5, 5.41) is 0. The minimum Gasteiger partial charge on any atom is -0.297 e. The molecule has 1 aliphatic rings. The molecular weight excluding hydrogens is 339 g/mol. The summed E-state index contributed by atoms with van der Waals surface area (Å²) in [5.74, 6) is -0.301. The van der Waals surface area contributed by atoms with Crippen LogP contribution < -0.4 is 0 Å². The van der Waals surface area contributed by atoms with Gasteiger partial charge in [0.25, 0.3) is 0 Å². The van der Waals surface area contributed by atoms with Crippen molar-refractivity contribution in [3.63, 3.8) is 0 Å². The number of hydrogen-bond acceptors (Lipinski definition) is 3. The van der Waals surface area contributed by atoms with Crippen molar-refractivity contribution in [2.24, 2.45) is 0 Å². The topological polar surface area (TPSA) is 40.6 Å². The van der Waals surface area contributed by atoms with Crippen LogP contribution in [-0.2, 0) is 10.0 Å². The molecule has 6 heteroatoms. The van der Waals surface area contributed by atoms with Crippen molar-refractivity contribution in [3.05, 3.63) is 65.0 Å². The summed E-state index contributed by atoms with van der Waals surface area (Å²) >= 11 is 0. The Morgan fingerprint density at radius 2 is 1.76 bits per heavy atom. The van der Waals surface area contributed by atoms with Crippen LogP contribution in [-0.4, -0.2) is 44.3 Å². The first-order chi connectivity index (χ1) is 11.8. The average Bonchev–Trinajstić information content (AvgIpc) is 2.58. The summed E-state index contributed by atoms with van der Waals surface area (Å²) in [7, 11) is -1.69. The number of piperazine rings is 1. The molecule has 1 aliphatic heterocycles. The van der Waals surface area contributed by atoms with E-state index in [1.807, 2.05) is 31.9 Å². The molecule has 0 amide bonds. The van der Waals surface area contributed by atoms with E-state index in [1.165, 1.54) is 10.4 Å². The van der Waals surface area contributed by atoms with E-state index < -0.39 is 10.0 Å². The molecule has 0 bridgehead atoms. The van der Waals surface area contributed by atoms with Gasteiger partial charge < -0.3 is 0 Å². The number of halogens is 1. The van der Waals surface area contributed by atoms with Gasteiger partial charge in [-0.3, -0.25) is 4.90 Å². The second-order valence-electron chi connectivity index (χ2n) is 6.63. The van der Waals surface area contributed by atoms with Crippen LogP contribution in [0.5, 0.6) is 0 Å². The standard InChI is InChI=1S/C19H23FN2O2S/c1-14-8-9-16(12-15(14)2)25(23,24)22-11-10-21(3)19(13-22)17-6-4-5-7-18(17)20/h4-9,12,19H,10-11,13H2,1-3H3. The summed E-state index contributed by atoms with van der Waals surface area (Å²) in [5.41, 5.74) is 2.53. The molecule has 3 rings (SSSR count). The van der Waals surface area contributed by atoms with Crippen LogP contribution in [0.25, 0.3) is 0 Å². The molecule has 0 N–H and O–H groups in total. The lowest BCUT2D eigenvalue weighted by atomic mass is 10.0. The van der Waals surface area contributed by atoms with E-state index in [0.29, 0.717) is 23.5 Å². The Bertz CT molecular complexity index is 883. The number of sulfonamides is 1. The van der Waals surface area contributed by atoms with E-state index >= 15 is 0 Å². The molecule has 4 nitrogen and oxygen atoms in total. The zero-order valence-electron chi connectivity index (χ0n) is 14.7. The van der Waals surface area contributed by atoms with Crippen LogP contribution in [0.4, 0.5) is 4.39 Å². The second-order valence-corrected chi connectivity index (χ2v) is 8.56. The summed E-state index contributed by atoms with van der Waals surface area (Å²) in [6, 6.07) is 11.5. The lowest BCUT2D eigenvalue weighted by Gasteiger charge is -2.39. The summed E-state index contributed by atoms with van der Waals surface area (Å²) in [4.78, 5) is 2.30. The molecule has 1 saturated heterocycles. The van der Waals surface area contributed by atoms with Gasteiger partial charge in [0.15, 0.2) is 0 Å². The van der Waals surface area contributed by atoms with Gasteiger partial charge in [0.1, 0.15) is 5.82 Å². The van der Waals surface area contributed by atoms with Crippen molar-refractivity contribution < 1.29 is 12.8 Å². The van der Waals surface area contributed by atoms with Crippen molar-refractivity contribution >= 4 is 10.0 Å². The highest BCUT2D eigenvalue weighted by atomic mass is 32.2. The number of hydrogen-bond donors (Lipinski definition) is 0. The van der Waals surface area contributed by atoms with Gasteiger partial charge in [-0.15, -0.1) is 0 Å². The summed E-state index contributed by atoms with van der Waals surface area (Å²) in [6.07, 6.45) is 0. The molecule has 2 aromatic rings. The quantitative estimate of drug-likeness (QED) is 0.842. The Morgan fingerprint density at radius 1 is 1.04 bits per heavy atom. The average molecular weight is 362 g/mol. The molecule has 25 heavy (non-hydrogen) atoms. The third kappa shape index (κ3) is 3.47. The van der Waals surface area contributed by atoms with E-state index in [1.54, 1.807) is 30.3 Å². The molecule has 0 spiro atoms. The molecule has 1 unspecified atom stereocenters. The predicted octanol–water partition coefficient (Wildman–Crippen LogP) is 3.12. The molecule has 0 aliphatic carbocycles. The van der Waals surface area contributed by atoms with E-state index in [4.69, 9.17) is 0 Å². The van der Waals surface area contributed by atoms with Gasteiger partial charge in [-0.05, 0) is 50.2 Å². The Balaban J connectivity index is 1.92. The van der Waals surface area contributed by atoms with Gasteiger partial charge in [0.2, 0.25) is 10.0 Å². The second kappa shape index (κ2) is 6.86. The predicted molar refractivity (Wildman–Crippen MR) is 96.4 cm³/mol. The maximum absolute atomic E-state index is 14.2. The molecule has 1 fully saturated rings. The smallest absolute Gasteiger partial charge is 0.243 e. The maximum atomic E-state index is 14.2. The van der Waals surface area contributed by atoms with Gasteiger partial charge in [-0.2, -0.15) is 4.31 Å². The fourth-order valence-corrected chi connectivity index (χ4v) is 4.69. The van der Waals surface area contributed by atoms with Crippen LogP contribution in [0, 0.1) is 19.7 Å². The molecule has 1 atom stereocenters. The number of benzene rings is 2. The zero-order valence-corrected chi connectivity index (χ0v) is 15.6. The van der Waals surface area contributed by atoms with Gasteiger partial charge >= 0.3 is 0 Å². The highest BCUT2D eigenvalue weighted by Crippen LogP contribution is 2.29. The van der Waals surface area contributed by atoms with Crippen molar-refractivity contribution in [1.82, 2.24) is 9.21 Å². The number of rotatable bonds is 3. The van der Waals surface area contributed by atoms with E-state index in [-0.39, 0.29) is 18.4 Å². The van der Waals surface area contributed by atoms with Crippen LogP contribution in [0.15, 0.2) is 47.4 Å². The molecule has 2 aromatic carbocycles. The number of likely N-dealkylation sites (N-methyl/N-ethyl adjacent to an activating group) is 1. The van der Waals surface area contributed by atoms with Gasteiger partial charge in [-0.25, -0.2) is 12.8 Å². The number of nitrogens with zero attached hydrogens (tertiary/aromatic N) is 2. The first-order valence-electron chi connectivity index (χ1n) is 8.33. The Hall–Kier alpha value is -1.76. The van der Waals surface area contributed by atoms with Crippen molar-refractivity contribution in [2.75, 3.05) is 26.7 Å². The SMILES string of the molecule is Cc1ccc(S(=O)(=O)N2CCN(C)C(c3ccccc3F)C2)cc1C.